The van der Waals surface area contributed by atoms with Crippen molar-refractivity contribution in [3.63, 3.8) is 0 Å². The molecule has 1 aliphatic heterocycles. The van der Waals surface area contributed by atoms with E-state index in [1.165, 1.54) is 9.88 Å². The summed E-state index contributed by atoms with van der Waals surface area (Å²) in [5, 5.41) is 1.22. The Morgan fingerprint density at radius 2 is 2.45 bits per heavy atom. The van der Waals surface area contributed by atoms with Crippen LogP contribution in [0, 0.1) is 0 Å². The van der Waals surface area contributed by atoms with E-state index in [-0.39, 0.29) is 0 Å². The van der Waals surface area contributed by atoms with Gasteiger partial charge in [-0.25, -0.2) is 4.98 Å². The van der Waals surface area contributed by atoms with Crippen LogP contribution < -0.4 is 0 Å². The quantitative estimate of drug-likeness (QED) is 0.635. The third kappa shape index (κ3) is 1.44. The molecule has 0 spiro atoms. The molecule has 1 aromatic rings. The van der Waals surface area contributed by atoms with Gasteiger partial charge in [-0.05, 0) is 0 Å². The van der Waals surface area contributed by atoms with Crippen molar-refractivity contribution in [2.75, 3.05) is 6.61 Å². The fourth-order valence-electron chi connectivity index (χ4n) is 0.929. The van der Waals surface area contributed by atoms with E-state index in [0.717, 1.165) is 6.61 Å². The van der Waals surface area contributed by atoms with Gasteiger partial charge in [0.15, 0.2) is 0 Å². The van der Waals surface area contributed by atoms with Crippen LogP contribution in [0.15, 0.2) is 6.20 Å². The summed E-state index contributed by atoms with van der Waals surface area (Å²) in [4.78, 5) is 5.60. The van der Waals surface area contributed by atoms with Gasteiger partial charge in [0.1, 0.15) is 6.10 Å². The van der Waals surface area contributed by atoms with Crippen molar-refractivity contribution in [1.29, 1.82) is 0 Å². The Bertz CT molecular complexity index is 236. The number of hydrogen-bond acceptors (Lipinski definition) is 3. The highest BCUT2D eigenvalue weighted by atomic mass is 32.1. The topological polar surface area (TPSA) is 25.4 Å². The third-order valence-electron chi connectivity index (χ3n) is 1.69. The number of rotatable bonds is 2. The van der Waals surface area contributed by atoms with Gasteiger partial charge >= 0.3 is 0 Å². The third-order valence-corrected chi connectivity index (χ3v) is 3.08. The van der Waals surface area contributed by atoms with Crippen molar-refractivity contribution in [2.45, 2.75) is 25.9 Å². The van der Waals surface area contributed by atoms with Gasteiger partial charge in [-0.15, -0.1) is 11.3 Å². The average Bonchev–Trinajstić information content (AvgIpc) is 2.68. The number of nitrogens with zero attached hydrogens (tertiary/aromatic N) is 1. The number of ether oxygens (including phenoxy) is 1. The highest BCUT2D eigenvalue weighted by Crippen LogP contribution is 2.35. The molecule has 1 fully saturated rings. The summed E-state index contributed by atoms with van der Waals surface area (Å²) < 4.78 is 5.16. The molecule has 2 rings (SSSR count). The lowest BCUT2D eigenvalue weighted by Crippen LogP contribution is -1.81. The number of thiazole rings is 1. The molecule has 1 aromatic heterocycles. The number of aromatic nitrogens is 1. The highest BCUT2D eigenvalue weighted by molar-refractivity contribution is 7.11. The van der Waals surface area contributed by atoms with E-state index < -0.39 is 0 Å². The maximum atomic E-state index is 5.16. The van der Waals surface area contributed by atoms with Crippen molar-refractivity contribution < 1.29 is 4.74 Å². The van der Waals surface area contributed by atoms with E-state index in [2.05, 4.69) is 18.8 Å². The molecule has 1 atom stereocenters. The van der Waals surface area contributed by atoms with Crippen LogP contribution in [0.1, 0.15) is 35.8 Å². The molecular weight excluding hydrogens is 158 g/mol. The van der Waals surface area contributed by atoms with Gasteiger partial charge in [0.05, 0.1) is 16.5 Å². The minimum absolute atomic E-state index is 0.375. The number of hydrogen-bond donors (Lipinski definition) is 0. The van der Waals surface area contributed by atoms with Gasteiger partial charge in [-0.2, -0.15) is 0 Å². The van der Waals surface area contributed by atoms with Crippen LogP contribution in [-0.4, -0.2) is 11.6 Å². The van der Waals surface area contributed by atoms with E-state index in [0.29, 0.717) is 12.0 Å². The molecule has 0 unspecified atom stereocenters. The lowest BCUT2D eigenvalue weighted by Gasteiger charge is -1.94. The Morgan fingerprint density at radius 1 is 1.73 bits per heavy atom. The standard InChI is InChI=1S/C8H11NOS/c1-5(2)8-9-3-7(11-8)6-4-10-6/h3,5-6H,4H2,1-2H3/t6-/m1/s1. The summed E-state index contributed by atoms with van der Waals surface area (Å²) in [6.07, 6.45) is 2.32. The fourth-order valence-corrected chi connectivity index (χ4v) is 1.88. The van der Waals surface area contributed by atoms with Crippen LogP contribution in [-0.2, 0) is 4.74 Å². The van der Waals surface area contributed by atoms with E-state index in [1.807, 2.05) is 6.20 Å². The van der Waals surface area contributed by atoms with Gasteiger partial charge in [-0.3, -0.25) is 0 Å². The zero-order valence-electron chi connectivity index (χ0n) is 6.70. The summed E-state index contributed by atoms with van der Waals surface area (Å²) in [6, 6.07) is 0. The molecule has 1 saturated heterocycles. The first kappa shape index (κ1) is 7.25. The highest BCUT2D eigenvalue weighted by Gasteiger charge is 2.27. The normalized spacial score (nSPS) is 22.6. The maximum Gasteiger partial charge on any atom is 0.117 e. The predicted octanol–water partition coefficient (Wildman–Crippen LogP) is 2.34. The fraction of sp³-hybridized carbons (Fsp3) is 0.625. The van der Waals surface area contributed by atoms with Gasteiger partial charge in [0, 0.05) is 12.1 Å². The Kier molecular flexibility index (Phi) is 1.69. The molecule has 0 N–H and O–H groups in total. The van der Waals surface area contributed by atoms with E-state index in [1.54, 1.807) is 11.3 Å². The summed E-state index contributed by atoms with van der Waals surface area (Å²) in [7, 11) is 0. The maximum absolute atomic E-state index is 5.16. The zero-order valence-corrected chi connectivity index (χ0v) is 7.52. The molecule has 0 bridgehead atoms. The second-order valence-electron chi connectivity index (χ2n) is 3.08. The largest absolute Gasteiger partial charge is 0.367 e. The molecule has 0 saturated carbocycles. The zero-order chi connectivity index (χ0) is 7.84. The SMILES string of the molecule is CC(C)c1ncc([C@H]2CO2)s1. The van der Waals surface area contributed by atoms with Crippen molar-refractivity contribution in [1.82, 2.24) is 4.98 Å². The first-order valence-corrected chi connectivity index (χ1v) is 4.66. The monoisotopic (exact) mass is 169 g/mol. The van der Waals surface area contributed by atoms with Crippen LogP contribution in [0.5, 0.6) is 0 Å². The van der Waals surface area contributed by atoms with Crippen molar-refractivity contribution in [3.05, 3.63) is 16.1 Å². The molecule has 0 radical (unpaired) electrons. The van der Waals surface area contributed by atoms with Crippen LogP contribution in [0.25, 0.3) is 0 Å². The lowest BCUT2D eigenvalue weighted by atomic mass is 10.2. The molecule has 1 aliphatic rings. The van der Waals surface area contributed by atoms with Crippen molar-refractivity contribution >= 4 is 11.3 Å². The van der Waals surface area contributed by atoms with Crippen LogP contribution in [0.4, 0.5) is 0 Å². The second kappa shape index (κ2) is 2.57. The number of epoxide rings is 1. The molecular formula is C8H11NOS. The Labute approximate surface area is 70.2 Å². The second-order valence-corrected chi connectivity index (χ2v) is 4.17. The molecule has 2 heterocycles. The summed E-state index contributed by atoms with van der Waals surface area (Å²) in [5.41, 5.74) is 0. The van der Waals surface area contributed by atoms with Crippen LogP contribution in [0.3, 0.4) is 0 Å². The predicted molar refractivity (Wildman–Crippen MR) is 44.9 cm³/mol. The molecule has 0 aliphatic carbocycles. The Hall–Kier alpha value is -0.410. The average molecular weight is 169 g/mol. The smallest absolute Gasteiger partial charge is 0.117 e. The van der Waals surface area contributed by atoms with E-state index in [4.69, 9.17) is 4.74 Å². The molecule has 60 valence electrons. The van der Waals surface area contributed by atoms with Gasteiger partial charge in [0.25, 0.3) is 0 Å². The summed E-state index contributed by atoms with van der Waals surface area (Å²) in [5.74, 6) is 0.549. The minimum Gasteiger partial charge on any atom is -0.367 e. The minimum atomic E-state index is 0.375. The Balaban J connectivity index is 2.18. The van der Waals surface area contributed by atoms with Crippen molar-refractivity contribution in [2.24, 2.45) is 0 Å². The molecule has 0 aromatic carbocycles. The van der Waals surface area contributed by atoms with Crippen LogP contribution in [0.2, 0.25) is 0 Å². The van der Waals surface area contributed by atoms with Crippen LogP contribution >= 0.6 is 11.3 Å². The first-order valence-electron chi connectivity index (χ1n) is 3.84. The van der Waals surface area contributed by atoms with Gasteiger partial charge in [0.2, 0.25) is 0 Å². The summed E-state index contributed by atoms with van der Waals surface area (Å²) >= 11 is 1.78. The molecule has 3 heteroatoms. The Morgan fingerprint density at radius 3 is 2.91 bits per heavy atom. The molecule has 2 nitrogen and oxygen atoms in total. The van der Waals surface area contributed by atoms with E-state index >= 15 is 0 Å². The molecule has 11 heavy (non-hydrogen) atoms. The van der Waals surface area contributed by atoms with E-state index in [9.17, 15) is 0 Å². The lowest BCUT2D eigenvalue weighted by molar-refractivity contribution is 0.418. The summed E-state index contributed by atoms with van der Waals surface area (Å²) in [6.45, 7) is 5.21. The van der Waals surface area contributed by atoms with Gasteiger partial charge in [-0.1, -0.05) is 13.8 Å². The van der Waals surface area contributed by atoms with Crippen molar-refractivity contribution in [3.8, 4) is 0 Å². The first-order chi connectivity index (χ1) is 5.27. The van der Waals surface area contributed by atoms with Gasteiger partial charge < -0.3 is 4.74 Å². The molecule has 0 amide bonds.